The first-order chi connectivity index (χ1) is 13.6. The molecular formula is C19H22NO8P. The van der Waals surface area contributed by atoms with Crippen LogP contribution in [0.3, 0.4) is 0 Å². The molecule has 0 aliphatic rings. The molecule has 0 aromatic heterocycles. The lowest BCUT2D eigenvalue weighted by molar-refractivity contribution is -0.384. The first kappa shape index (κ1) is 22.4. The number of nitrogens with zero attached hydrogens (tertiary/aromatic N) is 1. The summed E-state index contributed by atoms with van der Waals surface area (Å²) in [5, 5.41) is 19.4. The molecule has 10 heteroatoms. The van der Waals surface area contributed by atoms with Crippen molar-refractivity contribution in [1.82, 2.24) is 0 Å². The van der Waals surface area contributed by atoms with Crippen LogP contribution in [0.5, 0.6) is 11.5 Å². The molecule has 1 N–H and O–H groups in total. The standard InChI is InChI=1S/C19H22NO8P/c1-14(2)13-19(22,18(21)26-3)29(25,27-16-7-5-4-6-8-16)28-17-11-9-15(10-12-17)20(23)24/h4-12,14,22H,13H2,1-3H3/t19-,29?/m1/s1. The highest BCUT2D eigenvalue weighted by Crippen LogP contribution is 2.60. The average Bonchev–Trinajstić information content (AvgIpc) is 2.67. The first-order valence-corrected chi connectivity index (χ1v) is 10.2. The van der Waals surface area contributed by atoms with E-state index in [-0.39, 0.29) is 29.5 Å². The van der Waals surface area contributed by atoms with Gasteiger partial charge in [0.2, 0.25) is 0 Å². The fourth-order valence-corrected chi connectivity index (χ4v) is 4.64. The van der Waals surface area contributed by atoms with Gasteiger partial charge in [0.15, 0.2) is 0 Å². The van der Waals surface area contributed by atoms with E-state index in [0.717, 1.165) is 19.2 Å². The molecule has 156 valence electrons. The van der Waals surface area contributed by atoms with E-state index < -0.39 is 23.8 Å². The third kappa shape index (κ3) is 5.13. The van der Waals surface area contributed by atoms with Crippen molar-refractivity contribution < 1.29 is 33.2 Å². The molecule has 0 bridgehead atoms. The van der Waals surface area contributed by atoms with Gasteiger partial charge in [0.25, 0.3) is 11.0 Å². The van der Waals surface area contributed by atoms with Gasteiger partial charge in [0.1, 0.15) is 11.5 Å². The van der Waals surface area contributed by atoms with Crippen molar-refractivity contribution in [3.05, 3.63) is 64.7 Å². The average molecular weight is 423 g/mol. The van der Waals surface area contributed by atoms with Gasteiger partial charge in [-0.1, -0.05) is 32.0 Å². The number of hydrogen-bond donors (Lipinski definition) is 1. The van der Waals surface area contributed by atoms with E-state index in [1.807, 2.05) is 0 Å². The molecule has 2 atom stereocenters. The van der Waals surface area contributed by atoms with E-state index in [1.54, 1.807) is 32.0 Å². The fourth-order valence-electron chi connectivity index (χ4n) is 2.60. The molecule has 0 aliphatic heterocycles. The molecule has 2 rings (SSSR count). The van der Waals surface area contributed by atoms with Crippen LogP contribution in [0.2, 0.25) is 0 Å². The van der Waals surface area contributed by atoms with Crippen molar-refractivity contribution in [3.63, 3.8) is 0 Å². The van der Waals surface area contributed by atoms with E-state index in [4.69, 9.17) is 9.05 Å². The molecule has 1 unspecified atom stereocenters. The molecule has 0 radical (unpaired) electrons. The Balaban J connectivity index is 2.52. The van der Waals surface area contributed by atoms with Crippen LogP contribution in [-0.4, -0.2) is 28.5 Å². The lowest BCUT2D eigenvalue weighted by Gasteiger charge is -2.33. The van der Waals surface area contributed by atoms with Crippen molar-refractivity contribution >= 4 is 19.3 Å². The Bertz CT molecular complexity index is 900. The van der Waals surface area contributed by atoms with Crippen LogP contribution in [0.1, 0.15) is 20.3 Å². The highest BCUT2D eigenvalue weighted by atomic mass is 31.2. The highest BCUT2D eigenvalue weighted by Gasteiger charge is 2.60. The van der Waals surface area contributed by atoms with E-state index in [1.165, 1.54) is 24.3 Å². The maximum atomic E-state index is 13.8. The van der Waals surface area contributed by atoms with Crippen LogP contribution < -0.4 is 9.05 Å². The molecular weight excluding hydrogens is 401 g/mol. The van der Waals surface area contributed by atoms with E-state index in [0.29, 0.717) is 0 Å². The van der Waals surface area contributed by atoms with Gasteiger partial charge in [-0.3, -0.25) is 10.1 Å². The predicted molar refractivity (Wildman–Crippen MR) is 105 cm³/mol. The minimum Gasteiger partial charge on any atom is -0.466 e. The number of rotatable bonds is 9. The van der Waals surface area contributed by atoms with Crippen molar-refractivity contribution in [2.45, 2.75) is 25.6 Å². The second kappa shape index (κ2) is 9.07. The summed E-state index contributed by atoms with van der Waals surface area (Å²) in [5.41, 5.74) is -0.207. The third-order valence-electron chi connectivity index (χ3n) is 3.90. The van der Waals surface area contributed by atoms with Crippen molar-refractivity contribution in [2.75, 3.05) is 7.11 Å². The zero-order chi connectivity index (χ0) is 21.7. The molecule has 0 heterocycles. The quantitative estimate of drug-likeness (QED) is 0.276. The Hall–Kier alpha value is -2.90. The molecule has 0 aliphatic carbocycles. The number of non-ortho nitro benzene ring substituents is 1. The first-order valence-electron chi connectivity index (χ1n) is 8.71. The zero-order valence-electron chi connectivity index (χ0n) is 16.2. The summed E-state index contributed by atoms with van der Waals surface area (Å²) in [5.74, 6) is -1.43. The van der Waals surface area contributed by atoms with Crippen molar-refractivity contribution in [1.29, 1.82) is 0 Å². The fraction of sp³-hybridized carbons (Fsp3) is 0.316. The Morgan fingerprint density at radius 1 is 1.10 bits per heavy atom. The zero-order valence-corrected chi connectivity index (χ0v) is 17.1. The number of nitro groups is 1. The Labute approximate surface area is 167 Å². The second-order valence-corrected chi connectivity index (χ2v) is 8.75. The molecule has 0 saturated heterocycles. The topological polar surface area (TPSA) is 125 Å². The SMILES string of the molecule is COC(=O)[C@@](O)(CC(C)C)P(=O)(Oc1ccccc1)Oc1ccc([N+](=O)[O-])cc1. The minimum absolute atomic E-state index is 0.0825. The monoisotopic (exact) mass is 423 g/mol. The number of para-hydroxylation sites is 1. The Morgan fingerprint density at radius 2 is 1.62 bits per heavy atom. The summed E-state index contributed by atoms with van der Waals surface area (Å²) in [6.45, 7) is 3.43. The Kier molecular flexibility index (Phi) is 7.00. The molecule has 0 saturated carbocycles. The normalized spacial score (nSPS) is 15.1. The van der Waals surface area contributed by atoms with Gasteiger partial charge in [-0.15, -0.1) is 0 Å². The number of methoxy groups -OCH3 is 1. The van der Waals surface area contributed by atoms with Gasteiger partial charge in [0.05, 0.1) is 12.0 Å². The number of hydrogen-bond acceptors (Lipinski definition) is 8. The summed E-state index contributed by atoms with van der Waals surface area (Å²) >= 11 is 0. The van der Waals surface area contributed by atoms with E-state index in [9.17, 15) is 24.6 Å². The van der Waals surface area contributed by atoms with Gasteiger partial charge in [0, 0.05) is 18.6 Å². The molecule has 0 fully saturated rings. The van der Waals surface area contributed by atoms with E-state index >= 15 is 0 Å². The molecule has 2 aromatic carbocycles. The summed E-state index contributed by atoms with van der Waals surface area (Å²) in [6.07, 6.45) is -0.267. The van der Waals surface area contributed by atoms with Crippen LogP contribution in [0, 0.1) is 16.0 Å². The van der Waals surface area contributed by atoms with Crippen LogP contribution in [-0.2, 0) is 14.1 Å². The Morgan fingerprint density at radius 3 is 2.07 bits per heavy atom. The predicted octanol–water partition coefficient (Wildman–Crippen LogP) is 4.15. The van der Waals surface area contributed by atoms with E-state index in [2.05, 4.69) is 4.74 Å². The number of carbonyl (C=O) groups excluding carboxylic acids is 1. The van der Waals surface area contributed by atoms with Crippen LogP contribution >= 0.6 is 7.60 Å². The van der Waals surface area contributed by atoms with Crippen molar-refractivity contribution in [3.8, 4) is 11.5 Å². The summed E-state index contributed by atoms with van der Waals surface area (Å²) < 4.78 is 29.5. The highest BCUT2D eigenvalue weighted by molar-refractivity contribution is 7.57. The molecule has 0 amide bonds. The number of ether oxygens (including phenoxy) is 1. The third-order valence-corrected chi connectivity index (χ3v) is 6.07. The summed E-state index contributed by atoms with van der Waals surface area (Å²) in [7, 11) is -3.59. The maximum absolute atomic E-state index is 13.8. The van der Waals surface area contributed by atoms with Gasteiger partial charge in [-0.05, 0) is 30.2 Å². The van der Waals surface area contributed by atoms with Crippen LogP contribution in [0.25, 0.3) is 0 Å². The second-order valence-electron chi connectivity index (χ2n) is 6.65. The summed E-state index contributed by atoms with van der Waals surface area (Å²) in [6, 6.07) is 12.6. The van der Waals surface area contributed by atoms with Crippen LogP contribution in [0.15, 0.2) is 54.6 Å². The number of carbonyl (C=O) groups is 1. The number of benzene rings is 2. The van der Waals surface area contributed by atoms with Gasteiger partial charge in [-0.25, -0.2) is 9.36 Å². The number of aliphatic hydroxyl groups is 1. The lowest BCUT2D eigenvalue weighted by atomic mass is 10.1. The molecule has 29 heavy (non-hydrogen) atoms. The summed E-state index contributed by atoms with van der Waals surface area (Å²) in [4.78, 5) is 22.7. The van der Waals surface area contributed by atoms with Gasteiger partial charge < -0.3 is 18.9 Å². The number of esters is 1. The minimum atomic E-state index is -4.64. The smallest absolute Gasteiger partial charge is 0.466 e. The number of nitro benzene ring substituents is 1. The molecule has 2 aromatic rings. The van der Waals surface area contributed by atoms with Crippen LogP contribution in [0.4, 0.5) is 5.69 Å². The van der Waals surface area contributed by atoms with Gasteiger partial charge >= 0.3 is 13.6 Å². The molecule has 0 spiro atoms. The lowest BCUT2D eigenvalue weighted by Crippen LogP contribution is -2.43. The largest absolute Gasteiger partial charge is 0.473 e. The molecule has 9 nitrogen and oxygen atoms in total. The maximum Gasteiger partial charge on any atom is 0.473 e. The van der Waals surface area contributed by atoms with Crippen molar-refractivity contribution in [2.24, 2.45) is 5.92 Å². The van der Waals surface area contributed by atoms with Gasteiger partial charge in [-0.2, -0.15) is 0 Å².